The molecular formula is C15H15BrFN3O2. The lowest BCUT2D eigenvalue weighted by Gasteiger charge is -2.29. The number of benzene rings is 1. The smallest absolute Gasteiger partial charge is 0.321 e. The Morgan fingerprint density at radius 1 is 1.27 bits per heavy atom. The lowest BCUT2D eigenvalue weighted by Crippen LogP contribution is -2.48. The molecule has 1 aromatic rings. The highest BCUT2D eigenvalue weighted by Gasteiger charge is 2.51. The second kappa shape index (κ2) is 5.79. The summed E-state index contributed by atoms with van der Waals surface area (Å²) in [6, 6.07) is 3.86. The van der Waals surface area contributed by atoms with Crippen molar-refractivity contribution in [3.63, 3.8) is 0 Å². The van der Waals surface area contributed by atoms with E-state index in [9.17, 15) is 14.0 Å². The zero-order chi connectivity index (χ0) is 15.7. The van der Waals surface area contributed by atoms with Gasteiger partial charge in [-0.1, -0.05) is 25.3 Å². The number of halogens is 2. The van der Waals surface area contributed by atoms with Crippen LogP contribution in [0, 0.1) is 5.82 Å². The third-order valence-electron chi connectivity index (χ3n) is 4.11. The summed E-state index contributed by atoms with van der Waals surface area (Å²) in [5.41, 5.74) is -0.186. The van der Waals surface area contributed by atoms with Gasteiger partial charge in [0.25, 0.3) is 5.91 Å². The van der Waals surface area contributed by atoms with Gasteiger partial charge in [-0.3, -0.25) is 4.79 Å². The van der Waals surface area contributed by atoms with E-state index < -0.39 is 11.6 Å². The summed E-state index contributed by atoms with van der Waals surface area (Å²) in [6.07, 6.45) is 5.63. The van der Waals surface area contributed by atoms with E-state index in [1.54, 1.807) is 0 Å². The molecule has 116 valence electrons. The number of imide groups is 1. The third kappa shape index (κ3) is 2.65. The summed E-state index contributed by atoms with van der Waals surface area (Å²) in [7, 11) is 0. The maximum Gasteiger partial charge on any atom is 0.346 e. The molecule has 3 amide bonds. The standard InChI is InChI=1S/C15H15BrFN3O2/c16-11-8-10(4-5-12(11)17)9-18-20-13(21)15(19-14(20)22)6-2-1-3-7-15/h4-5,8-9H,1-3,6-7H2,(H,19,22)/b18-9-. The van der Waals surface area contributed by atoms with E-state index in [0.29, 0.717) is 22.9 Å². The monoisotopic (exact) mass is 367 g/mol. The van der Waals surface area contributed by atoms with E-state index in [0.717, 1.165) is 24.3 Å². The molecule has 1 aromatic carbocycles. The number of nitrogens with one attached hydrogen (secondary N) is 1. The zero-order valence-electron chi connectivity index (χ0n) is 11.8. The first-order chi connectivity index (χ1) is 10.5. The van der Waals surface area contributed by atoms with Crippen LogP contribution >= 0.6 is 15.9 Å². The summed E-state index contributed by atoms with van der Waals surface area (Å²) in [5, 5.41) is 7.64. The molecule has 0 unspecified atom stereocenters. The number of hydrogen-bond acceptors (Lipinski definition) is 3. The number of nitrogens with zero attached hydrogens (tertiary/aromatic N) is 2. The Morgan fingerprint density at radius 3 is 2.68 bits per heavy atom. The summed E-state index contributed by atoms with van der Waals surface area (Å²) in [6.45, 7) is 0. The average molecular weight is 368 g/mol. The largest absolute Gasteiger partial charge is 0.346 e. The van der Waals surface area contributed by atoms with Crippen LogP contribution in [0.15, 0.2) is 27.8 Å². The van der Waals surface area contributed by atoms with E-state index in [1.165, 1.54) is 24.4 Å². The van der Waals surface area contributed by atoms with Crippen molar-refractivity contribution in [3.05, 3.63) is 34.1 Å². The van der Waals surface area contributed by atoms with Gasteiger partial charge in [0, 0.05) is 0 Å². The summed E-state index contributed by atoms with van der Waals surface area (Å²) in [4.78, 5) is 24.5. The first-order valence-corrected chi connectivity index (χ1v) is 7.97. The van der Waals surface area contributed by atoms with Gasteiger partial charge in [0.15, 0.2) is 0 Å². The average Bonchev–Trinajstić information content (AvgIpc) is 2.72. The normalized spacial score (nSPS) is 20.9. The molecule has 7 heteroatoms. The molecule has 1 saturated heterocycles. The third-order valence-corrected chi connectivity index (χ3v) is 4.72. The van der Waals surface area contributed by atoms with Crippen molar-refractivity contribution in [1.29, 1.82) is 0 Å². The topological polar surface area (TPSA) is 61.8 Å². The van der Waals surface area contributed by atoms with E-state index in [1.807, 2.05) is 0 Å². The fourth-order valence-corrected chi connectivity index (χ4v) is 3.32. The number of carbonyl (C=O) groups excluding carboxylic acids is 2. The van der Waals surface area contributed by atoms with E-state index >= 15 is 0 Å². The Balaban J connectivity index is 1.79. The Bertz CT molecular complexity index is 656. The number of rotatable bonds is 2. The van der Waals surface area contributed by atoms with Crippen LogP contribution in [0.5, 0.6) is 0 Å². The minimum atomic E-state index is -0.782. The van der Waals surface area contributed by atoms with E-state index in [2.05, 4.69) is 26.3 Å². The second-order valence-electron chi connectivity index (χ2n) is 5.61. The maximum atomic E-state index is 13.2. The molecule has 5 nitrogen and oxygen atoms in total. The Morgan fingerprint density at radius 2 is 2.00 bits per heavy atom. The first kappa shape index (κ1) is 15.1. The molecule has 2 fully saturated rings. The van der Waals surface area contributed by atoms with E-state index in [4.69, 9.17) is 0 Å². The van der Waals surface area contributed by atoms with Crippen LogP contribution in [-0.4, -0.2) is 28.7 Å². The predicted molar refractivity (Wildman–Crippen MR) is 82.9 cm³/mol. The van der Waals surface area contributed by atoms with Gasteiger partial charge in [0.1, 0.15) is 11.4 Å². The molecule has 2 aliphatic rings. The van der Waals surface area contributed by atoms with Crippen molar-refractivity contribution in [2.75, 3.05) is 0 Å². The fourth-order valence-electron chi connectivity index (χ4n) is 2.92. The van der Waals surface area contributed by atoms with Crippen LogP contribution in [0.1, 0.15) is 37.7 Å². The lowest BCUT2D eigenvalue weighted by molar-refractivity contribution is -0.132. The highest BCUT2D eigenvalue weighted by atomic mass is 79.9. The fraction of sp³-hybridized carbons (Fsp3) is 0.400. The first-order valence-electron chi connectivity index (χ1n) is 7.18. The van der Waals surface area contributed by atoms with E-state index in [-0.39, 0.29) is 11.7 Å². The van der Waals surface area contributed by atoms with Gasteiger partial charge < -0.3 is 5.32 Å². The number of amides is 3. The Hall–Kier alpha value is -1.76. The van der Waals surface area contributed by atoms with Gasteiger partial charge in [0.05, 0.1) is 10.7 Å². The van der Waals surface area contributed by atoms with Crippen molar-refractivity contribution in [3.8, 4) is 0 Å². The molecule has 0 radical (unpaired) electrons. The van der Waals surface area contributed by atoms with Crippen LogP contribution in [0.2, 0.25) is 0 Å². The highest BCUT2D eigenvalue weighted by molar-refractivity contribution is 9.10. The number of hydrogen-bond donors (Lipinski definition) is 1. The quantitative estimate of drug-likeness (QED) is 0.644. The predicted octanol–water partition coefficient (Wildman–Crippen LogP) is 3.18. The molecule has 1 aliphatic carbocycles. The summed E-state index contributed by atoms with van der Waals surface area (Å²) >= 11 is 3.08. The number of carbonyl (C=O) groups is 2. The lowest BCUT2D eigenvalue weighted by atomic mass is 9.82. The molecule has 0 aromatic heterocycles. The molecule has 1 heterocycles. The molecule has 1 saturated carbocycles. The van der Waals surface area contributed by atoms with Crippen LogP contribution in [0.25, 0.3) is 0 Å². The summed E-state index contributed by atoms with van der Waals surface area (Å²) in [5.74, 6) is -0.678. The van der Waals surface area contributed by atoms with Crippen molar-refractivity contribution in [1.82, 2.24) is 10.3 Å². The van der Waals surface area contributed by atoms with Gasteiger partial charge in [0.2, 0.25) is 0 Å². The van der Waals surface area contributed by atoms with Gasteiger partial charge in [-0.2, -0.15) is 5.10 Å². The maximum absolute atomic E-state index is 13.2. The number of urea groups is 1. The molecule has 1 spiro atoms. The molecule has 22 heavy (non-hydrogen) atoms. The SMILES string of the molecule is O=C1NC2(CCCCC2)C(=O)N1/N=C\c1ccc(F)c(Br)c1. The van der Waals surface area contributed by atoms with Crippen molar-refractivity contribution in [2.24, 2.45) is 5.10 Å². The van der Waals surface area contributed by atoms with Crippen LogP contribution in [-0.2, 0) is 4.79 Å². The summed E-state index contributed by atoms with van der Waals surface area (Å²) < 4.78 is 13.5. The van der Waals surface area contributed by atoms with Crippen LogP contribution < -0.4 is 5.32 Å². The van der Waals surface area contributed by atoms with Gasteiger partial charge >= 0.3 is 6.03 Å². The minimum absolute atomic E-state index is 0.297. The van der Waals surface area contributed by atoms with Crippen LogP contribution in [0.4, 0.5) is 9.18 Å². The molecule has 1 aliphatic heterocycles. The molecular weight excluding hydrogens is 353 g/mol. The Kier molecular flexibility index (Phi) is 3.99. The van der Waals surface area contributed by atoms with Gasteiger partial charge in [-0.05, 0) is 46.5 Å². The molecule has 0 atom stereocenters. The zero-order valence-corrected chi connectivity index (χ0v) is 13.4. The van der Waals surface area contributed by atoms with Crippen LogP contribution in [0.3, 0.4) is 0 Å². The highest BCUT2D eigenvalue weighted by Crippen LogP contribution is 2.33. The molecule has 1 N–H and O–H groups in total. The second-order valence-corrected chi connectivity index (χ2v) is 6.46. The van der Waals surface area contributed by atoms with Crippen molar-refractivity contribution < 1.29 is 14.0 Å². The molecule has 3 rings (SSSR count). The number of hydrazone groups is 1. The van der Waals surface area contributed by atoms with Gasteiger partial charge in [-0.15, -0.1) is 5.01 Å². The minimum Gasteiger partial charge on any atom is -0.321 e. The Labute approximate surface area is 135 Å². The van der Waals surface area contributed by atoms with Crippen molar-refractivity contribution in [2.45, 2.75) is 37.6 Å². The molecule has 0 bridgehead atoms. The van der Waals surface area contributed by atoms with Crippen molar-refractivity contribution >= 4 is 34.1 Å². The van der Waals surface area contributed by atoms with Gasteiger partial charge in [-0.25, -0.2) is 9.18 Å².